The van der Waals surface area contributed by atoms with Crippen molar-refractivity contribution in [2.24, 2.45) is 12.5 Å². The number of benzene rings is 1. The van der Waals surface area contributed by atoms with Gasteiger partial charge in [0.05, 0.1) is 17.4 Å². The summed E-state index contributed by atoms with van der Waals surface area (Å²) in [4.78, 5) is 20.2. The molecule has 1 amide bonds. The van der Waals surface area contributed by atoms with Crippen LogP contribution in [0.15, 0.2) is 24.5 Å². The molecule has 1 saturated heterocycles. The topological polar surface area (TPSA) is 77.5 Å². The molecule has 0 radical (unpaired) electrons. The third-order valence-electron chi connectivity index (χ3n) is 7.09. The fourth-order valence-electron chi connectivity index (χ4n) is 5.53. The highest BCUT2D eigenvalue weighted by molar-refractivity contribution is 7.19. The molecule has 0 unspecified atom stereocenters. The molecule has 2 fully saturated rings. The summed E-state index contributed by atoms with van der Waals surface area (Å²) in [5, 5.41) is 11.5. The lowest BCUT2D eigenvalue weighted by atomic mass is 9.60. The van der Waals surface area contributed by atoms with Crippen LogP contribution in [0.2, 0.25) is 0 Å². The van der Waals surface area contributed by atoms with Crippen molar-refractivity contribution in [3.05, 3.63) is 35.8 Å². The number of carbonyl (C=O) groups excluding carboxylic acids is 1. The van der Waals surface area contributed by atoms with E-state index in [0.717, 1.165) is 70.0 Å². The van der Waals surface area contributed by atoms with Gasteiger partial charge in [-0.25, -0.2) is 14.3 Å². The molecule has 8 nitrogen and oxygen atoms in total. The summed E-state index contributed by atoms with van der Waals surface area (Å²) in [6.07, 6.45) is 7.13. The van der Waals surface area contributed by atoms with E-state index in [2.05, 4.69) is 30.4 Å². The van der Waals surface area contributed by atoms with Gasteiger partial charge in [-0.3, -0.25) is 4.68 Å². The maximum Gasteiger partial charge on any atom is 0.410 e. The largest absolute Gasteiger partial charge is 0.444 e. The van der Waals surface area contributed by atoms with E-state index in [-0.39, 0.29) is 11.5 Å². The molecule has 1 aliphatic carbocycles. The molecule has 9 heteroatoms. The van der Waals surface area contributed by atoms with Crippen molar-refractivity contribution in [2.75, 3.05) is 13.1 Å². The van der Waals surface area contributed by atoms with E-state index >= 15 is 0 Å². The van der Waals surface area contributed by atoms with E-state index in [1.807, 2.05) is 48.1 Å². The quantitative estimate of drug-likeness (QED) is 0.398. The Morgan fingerprint density at radius 2 is 2.00 bits per heavy atom. The first-order valence-corrected chi connectivity index (χ1v) is 12.7. The number of rotatable bonds is 2. The number of hydrogen-bond acceptors (Lipinski definition) is 6. The summed E-state index contributed by atoms with van der Waals surface area (Å²) in [5.41, 5.74) is 4.17. The Balaban J connectivity index is 1.15. The molecule has 34 heavy (non-hydrogen) atoms. The van der Waals surface area contributed by atoms with Crippen LogP contribution in [0.1, 0.15) is 57.2 Å². The lowest BCUT2D eigenvalue weighted by Gasteiger charge is -2.44. The number of likely N-dealkylation sites (tertiary alicyclic amines) is 1. The summed E-state index contributed by atoms with van der Waals surface area (Å²) in [5.74, 6) is 0.435. The maximum absolute atomic E-state index is 12.4. The number of imidazole rings is 1. The van der Waals surface area contributed by atoms with Crippen LogP contribution < -0.4 is 0 Å². The molecule has 4 aromatic rings. The molecule has 1 aliphatic heterocycles. The number of aryl methyl sites for hydroxylation is 2. The first-order chi connectivity index (χ1) is 16.1. The molecule has 2 aliphatic rings. The van der Waals surface area contributed by atoms with Crippen molar-refractivity contribution in [1.82, 2.24) is 29.3 Å². The second-order valence-corrected chi connectivity index (χ2v) is 12.0. The summed E-state index contributed by atoms with van der Waals surface area (Å²) in [7, 11) is 1.95. The molecule has 3 aromatic heterocycles. The van der Waals surface area contributed by atoms with Crippen molar-refractivity contribution in [1.29, 1.82) is 0 Å². The van der Waals surface area contributed by atoms with Crippen LogP contribution in [0, 0.1) is 12.3 Å². The molecular formula is C25H30N6O2S. The fourth-order valence-corrected chi connectivity index (χ4v) is 6.40. The smallest absolute Gasteiger partial charge is 0.410 e. The number of carbonyl (C=O) groups is 1. The van der Waals surface area contributed by atoms with Crippen LogP contribution in [0.5, 0.6) is 0 Å². The van der Waals surface area contributed by atoms with Crippen LogP contribution in [-0.2, 0) is 11.8 Å². The normalized spacial score (nSPS) is 22.7. The standard InChI is InChI=1S/C25H30N6O2S/c1-15-8-16(9-17-12-29(5)27-20(15)17)21-28-31-13-19(26-22(31)34-21)18-10-25(11-18)6-7-30(14-25)23(32)33-24(2,3)4/h8-9,12-13,18H,6-7,10-11,14H2,1-5H3. The van der Waals surface area contributed by atoms with Crippen LogP contribution in [0.25, 0.3) is 26.4 Å². The van der Waals surface area contributed by atoms with Gasteiger partial charge in [0.2, 0.25) is 4.96 Å². The minimum atomic E-state index is -0.453. The molecular weight excluding hydrogens is 448 g/mol. The Morgan fingerprint density at radius 1 is 1.21 bits per heavy atom. The van der Waals surface area contributed by atoms with Crippen molar-refractivity contribution < 1.29 is 9.53 Å². The monoisotopic (exact) mass is 478 g/mol. The van der Waals surface area contributed by atoms with Gasteiger partial charge < -0.3 is 9.64 Å². The van der Waals surface area contributed by atoms with Gasteiger partial charge in [0, 0.05) is 43.2 Å². The highest BCUT2D eigenvalue weighted by Crippen LogP contribution is 2.56. The Kier molecular flexibility index (Phi) is 4.62. The predicted molar refractivity (Wildman–Crippen MR) is 132 cm³/mol. The van der Waals surface area contributed by atoms with Crippen LogP contribution in [0.3, 0.4) is 0 Å². The predicted octanol–water partition coefficient (Wildman–Crippen LogP) is 5.16. The average Bonchev–Trinajstić information content (AvgIpc) is 3.45. The number of amides is 1. The van der Waals surface area contributed by atoms with E-state index < -0.39 is 5.60 Å². The third kappa shape index (κ3) is 3.66. The van der Waals surface area contributed by atoms with E-state index in [4.69, 9.17) is 14.8 Å². The fraction of sp³-hybridized carbons (Fsp3) is 0.520. The van der Waals surface area contributed by atoms with E-state index in [9.17, 15) is 4.79 Å². The molecule has 6 rings (SSSR count). The van der Waals surface area contributed by atoms with E-state index in [0.29, 0.717) is 5.92 Å². The van der Waals surface area contributed by atoms with Crippen molar-refractivity contribution in [2.45, 2.75) is 58.5 Å². The Labute approximate surface area is 202 Å². The van der Waals surface area contributed by atoms with Crippen LogP contribution in [-0.4, -0.2) is 54.1 Å². The number of nitrogens with zero attached hydrogens (tertiary/aromatic N) is 6. The zero-order chi connectivity index (χ0) is 23.8. The minimum Gasteiger partial charge on any atom is -0.444 e. The Hall–Kier alpha value is -2.94. The molecule has 4 heterocycles. The van der Waals surface area contributed by atoms with Crippen LogP contribution in [0.4, 0.5) is 4.79 Å². The van der Waals surface area contributed by atoms with Gasteiger partial charge >= 0.3 is 6.09 Å². The second-order valence-electron chi connectivity index (χ2n) is 11.1. The van der Waals surface area contributed by atoms with Crippen molar-refractivity contribution in [3.63, 3.8) is 0 Å². The molecule has 0 N–H and O–H groups in total. The van der Waals surface area contributed by atoms with Gasteiger partial charge in [0.25, 0.3) is 0 Å². The second kappa shape index (κ2) is 7.28. The number of ether oxygens (including phenoxy) is 1. The van der Waals surface area contributed by atoms with Crippen LogP contribution >= 0.6 is 11.3 Å². The van der Waals surface area contributed by atoms with Gasteiger partial charge in [-0.1, -0.05) is 11.3 Å². The van der Waals surface area contributed by atoms with E-state index in [1.165, 1.54) is 0 Å². The molecule has 1 saturated carbocycles. The Morgan fingerprint density at radius 3 is 2.74 bits per heavy atom. The number of hydrogen-bond donors (Lipinski definition) is 0. The van der Waals surface area contributed by atoms with Gasteiger partial charge in [0.1, 0.15) is 10.6 Å². The number of fused-ring (bicyclic) bond motifs is 2. The maximum atomic E-state index is 12.4. The molecule has 1 spiro atoms. The summed E-state index contributed by atoms with van der Waals surface area (Å²) in [6, 6.07) is 4.31. The number of aromatic nitrogens is 5. The summed E-state index contributed by atoms with van der Waals surface area (Å²) in [6.45, 7) is 9.41. The minimum absolute atomic E-state index is 0.188. The van der Waals surface area contributed by atoms with Gasteiger partial charge in [-0.15, -0.1) is 0 Å². The zero-order valence-electron chi connectivity index (χ0n) is 20.3. The van der Waals surface area contributed by atoms with Gasteiger partial charge in [-0.05, 0) is 70.1 Å². The molecule has 0 atom stereocenters. The molecule has 178 valence electrons. The first kappa shape index (κ1) is 21.6. The first-order valence-electron chi connectivity index (χ1n) is 11.9. The lowest BCUT2D eigenvalue weighted by Crippen LogP contribution is -2.41. The SMILES string of the molecule is Cc1cc(-c2nn3cc(C4CC5(CCN(C(=O)OC(C)(C)C)C5)C4)nc3s2)cc2cn(C)nc12. The third-order valence-corrected chi connectivity index (χ3v) is 8.06. The summed E-state index contributed by atoms with van der Waals surface area (Å²) >= 11 is 1.62. The highest BCUT2D eigenvalue weighted by Gasteiger charge is 2.51. The molecule has 0 bridgehead atoms. The van der Waals surface area contributed by atoms with Crippen molar-refractivity contribution >= 4 is 33.3 Å². The van der Waals surface area contributed by atoms with Crippen molar-refractivity contribution in [3.8, 4) is 10.6 Å². The van der Waals surface area contributed by atoms with E-state index in [1.54, 1.807) is 11.3 Å². The lowest BCUT2D eigenvalue weighted by molar-refractivity contribution is 0.0229. The molecule has 1 aromatic carbocycles. The summed E-state index contributed by atoms with van der Waals surface area (Å²) < 4.78 is 9.34. The zero-order valence-corrected chi connectivity index (χ0v) is 21.1. The Bertz CT molecular complexity index is 1390. The van der Waals surface area contributed by atoms with Gasteiger partial charge in [-0.2, -0.15) is 10.2 Å². The van der Waals surface area contributed by atoms with Gasteiger partial charge in [0.15, 0.2) is 0 Å². The average molecular weight is 479 g/mol. The highest BCUT2D eigenvalue weighted by atomic mass is 32.1.